The lowest BCUT2D eigenvalue weighted by Crippen LogP contribution is -2.66. The van der Waals surface area contributed by atoms with Crippen LogP contribution in [0.15, 0.2) is 0 Å². The molecule has 0 radical (unpaired) electrons. The number of rotatable bonds is 16. The first-order valence-corrected chi connectivity index (χ1v) is 11.8. The summed E-state index contributed by atoms with van der Waals surface area (Å²) in [5.41, 5.74) is 0. The Morgan fingerprint density at radius 2 is 1.04 bits per heavy atom. The summed E-state index contributed by atoms with van der Waals surface area (Å²) in [5, 5.41) is 0. The summed E-state index contributed by atoms with van der Waals surface area (Å²) >= 11 is 0. The standard InChI is InChI=1S/C17H39NO4P2/c1-8-11-18(16(19-4,20-5)14-23-12-9-2)17(21-6,22-7)15-24-13-10-3/h23-24H,8-15H2,1-7H3. The minimum Gasteiger partial charge on any atom is -0.340 e. The van der Waals surface area contributed by atoms with Crippen molar-refractivity contribution in [1.29, 1.82) is 0 Å². The van der Waals surface area contributed by atoms with Crippen LogP contribution in [0.5, 0.6) is 0 Å². The van der Waals surface area contributed by atoms with Crippen molar-refractivity contribution in [2.24, 2.45) is 0 Å². The van der Waals surface area contributed by atoms with E-state index >= 15 is 0 Å². The minimum absolute atomic E-state index is 0.778. The second-order valence-electron chi connectivity index (χ2n) is 5.75. The molecule has 146 valence electrons. The number of hydrogen-bond donors (Lipinski definition) is 0. The Kier molecular flexibility index (Phi) is 14.2. The number of hydrogen-bond acceptors (Lipinski definition) is 5. The Labute approximate surface area is 153 Å². The zero-order valence-corrected chi connectivity index (χ0v) is 18.7. The van der Waals surface area contributed by atoms with Gasteiger partial charge in [0.05, 0.1) is 0 Å². The van der Waals surface area contributed by atoms with E-state index in [0.717, 1.165) is 42.5 Å². The van der Waals surface area contributed by atoms with Crippen LogP contribution >= 0.6 is 17.2 Å². The van der Waals surface area contributed by atoms with Crippen LogP contribution in [0.2, 0.25) is 0 Å². The molecule has 0 aromatic carbocycles. The highest BCUT2D eigenvalue weighted by Gasteiger charge is 2.50. The molecule has 0 fully saturated rings. The molecule has 0 spiro atoms. The van der Waals surface area contributed by atoms with E-state index in [-0.39, 0.29) is 0 Å². The third-order valence-electron chi connectivity index (χ3n) is 4.10. The maximum Gasteiger partial charge on any atom is 0.237 e. The zero-order chi connectivity index (χ0) is 18.5. The van der Waals surface area contributed by atoms with Crippen LogP contribution < -0.4 is 0 Å². The molecule has 7 heteroatoms. The van der Waals surface area contributed by atoms with E-state index in [9.17, 15) is 0 Å². The quantitative estimate of drug-likeness (QED) is 0.231. The Hall–Kier alpha value is 0.660. The molecule has 5 nitrogen and oxygen atoms in total. The first kappa shape index (κ1) is 24.7. The predicted molar refractivity (Wildman–Crippen MR) is 107 cm³/mol. The van der Waals surface area contributed by atoms with Gasteiger partial charge in [0.1, 0.15) is 0 Å². The van der Waals surface area contributed by atoms with Crippen LogP contribution in [0, 0.1) is 0 Å². The van der Waals surface area contributed by atoms with Gasteiger partial charge in [-0.05, 0) is 18.7 Å². The highest BCUT2D eigenvalue weighted by molar-refractivity contribution is 7.38. The van der Waals surface area contributed by atoms with Crippen molar-refractivity contribution in [1.82, 2.24) is 4.90 Å². The van der Waals surface area contributed by atoms with Crippen LogP contribution in [0.1, 0.15) is 40.0 Å². The van der Waals surface area contributed by atoms with Crippen LogP contribution in [-0.2, 0) is 18.9 Å². The van der Waals surface area contributed by atoms with Crippen molar-refractivity contribution >= 4 is 17.2 Å². The molecular weight excluding hydrogens is 344 g/mol. The predicted octanol–water partition coefficient (Wildman–Crippen LogP) is 3.77. The average molecular weight is 383 g/mol. The molecule has 0 aliphatic carbocycles. The maximum absolute atomic E-state index is 5.92. The lowest BCUT2D eigenvalue weighted by atomic mass is 10.3. The maximum atomic E-state index is 5.92. The number of nitrogens with zero attached hydrogens (tertiary/aromatic N) is 1. The molecular formula is C17H39NO4P2. The highest BCUT2D eigenvalue weighted by atomic mass is 31.1. The Balaban J connectivity index is 5.58. The summed E-state index contributed by atoms with van der Waals surface area (Å²) in [4.78, 5) is 2.14. The fraction of sp³-hybridized carbons (Fsp3) is 1.00. The Morgan fingerprint density at radius 1 is 0.667 bits per heavy atom. The van der Waals surface area contributed by atoms with E-state index < -0.39 is 11.8 Å². The normalized spacial score (nSPS) is 14.0. The van der Waals surface area contributed by atoms with Crippen molar-refractivity contribution in [2.45, 2.75) is 51.9 Å². The van der Waals surface area contributed by atoms with Gasteiger partial charge in [-0.3, -0.25) is 0 Å². The summed E-state index contributed by atoms with van der Waals surface area (Å²) < 4.78 is 23.7. The average Bonchev–Trinajstić information content (AvgIpc) is 2.62. The molecule has 0 aromatic heterocycles. The van der Waals surface area contributed by atoms with E-state index in [1.807, 2.05) is 0 Å². The van der Waals surface area contributed by atoms with Gasteiger partial charge in [0.15, 0.2) is 0 Å². The van der Waals surface area contributed by atoms with Gasteiger partial charge in [-0.15, -0.1) is 17.2 Å². The van der Waals surface area contributed by atoms with Crippen molar-refractivity contribution in [3.05, 3.63) is 0 Å². The first-order valence-electron chi connectivity index (χ1n) is 8.96. The van der Waals surface area contributed by atoms with Gasteiger partial charge >= 0.3 is 0 Å². The summed E-state index contributed by atoms with van der Waals surface area (Å²) in [5.74, 6) is -1.63. The fourth-order valence-corrected chi connectivity index (χ4v) is 5.41. The summed E-state index contributed by atoms with van der Waals surface area (Å²) in [6, 6.07) is 0. The van der Waals surface area contributed by atoms with E-state index in [4.69, 9.17) is 18.9 Å². The summed E-state index contributed by atoms with van der Waals surface area (Å²) in [6.45, 7) is 7.36. The molecule has 0 bridgehead atoms. The topological polar surface area (TPSA) is 40.2 Å². The van der Waals surface area contributed by atoms with Gasteiger partial charge < -0.3 is 18.9 Å². The minimum atomic E-state index is -0.813. The zero-order valence-electron chi connectivity index (χ0n) is 16.7. The van der Waals surface area contributed by atoms with Crippen LogP contribution in [-0.4, -0.2) is 76.4 Å². The lowest BCUT2D eigenvalue weighted by Gasteiger charge is -2.50. The van der Waals surface area contributed by atoms with Gasteiger partial charge in [0.25, 0.3) is 0 Å². The third-order valence-corrected chi connectivity index (χ3v) is 7.20. The van der Waals surface area contributed by atoms with Crippen LogP contribution in [0.3, 0.4) is 0 Å². The molecule has 0 aliphatic rings. The molecule has 0 rings (SSSR count). The van der Waals surface area contributed by atoms with Gasteiger partial charge in [0.2, 0.25) is 11.8 Å². The Bertz CT molecular complexity index is 274. The second kappa shape index (κ2) is 13.8. The van der Waals surface area contributed by atoms with Gasteiger partial charge in [0, 0.05) is 47.3 Å². The van der Waals surface area contributed by atoms with Gasteiger partial charge in [-0.2, -0.15) is 4.90 Å². The van der Waals surface area contributed by atoms with E-state index in [1.54, 1.807) is 28.4 Å². The monoisotopic (exact) mass is 383 g/mol. The summed E-state index contributed by atoms with van der Waals surface area (Å²) in [7, 11) is 8.42. The van der Waals surface area contributed by atoms with Crippen LogP contribution in [0.25, 0.3) is 0 Å². The van der Waals surface area contributed by atoms with Crippen molar-refractivity contribution < 1.29 is 18.9 Å². The molecule has 0 amide bonds. The molecule has 0 heterocycles. The van der Waals surface area contributed by atoms with Crippen molar-refractivity contribution in [3.8, 4) is 0 Å². The summed E-state index contributed by atoms with van der Waals surface area (Å²) in [6.07, 6.45) is 7.31. The molecule has 0 aromatic rings. The fourth-order valence-electron chi connectivity index (χ4n) is 2.76. The molecule has 2 atom stereocenters. The lowest BCUT2D eigenvalue weighted by molar-refractivity contribution is -0.392. The van der Waals surface area contributed by atoms with E-state index in [2.05, 4.69) is 25.7 Å². The second-order valence-corrected chi connectivity index (χ2v) is 8.45. The van der Waals surface area contributed by atoms with Gasteiger partial charge in [-0.1, -0.05) is 33.6 Å². The molecule has 24 heavy (non-hydrogen) atoms. The molecule has 2 unspecified atom stereocenters. The first-order chi connectivity index (χ1) is 11.6. The molecule has 0 N–H and O–H groups in total. The van der Waals surface area contributed by atoms with Crippen LogP contribution in [0.4, 0.5) is 0 Å². The molecule has 0 saturated heterocycles. The highest BCUT2D eigenvalue weighted by Crippen LogP contribution is 2.37. The SMILES string of the molecule is CCCPCC(OC)(OC)N(CCC)C(CPCCC)(OC)OC. The number of methoxy groups -OCH3 is 4. The molecule has 0 saturated carbocycles. The Morgan fingerprint density at radius 3 is 1.29 bits per heavy atom. The smallest absolute Gasteiger partial charge is 0.237 e. The van der Waals surface area contributed by atoms with Crippen molar-refractivity contribution in [2.75, 3.05) is 59.6 Å². The van der Waals surface area contributed by atoms with E-state index in [1.165, 1.54) is 25.2 Å². The van der Waals surface area contributed by atoms with E-state index in [0.29, 0.717) is 0 Å². The largest absolute Gasteiger partial charge is 0.340 e. The van der Waals surface area contributed by atoms with Crippen molar-refractivity contribution in [3.63, 3.8) is 0 Å². The van der Waals surface area contributed by atoms with Gasteiger partial charge in [-0.25, -0.2) is 0 Å². The molecule has 0 aliphatic heterocycles. The number of ether oxygens (including phenoxy) is 4. The third kappa shape index (κ3) is 6.76.